The third-order valence-electron chi connectivity index (χ3n) is 8.05. The lowest BCUT2D eigenvalue weighted by Gasteiger charge is -2.65. The van der Waals surface area contributed by atoms with E-state index in [1.165, 1.54) is 30.5 Å². The first kappa shape index (κ1) is 17.7. The van der Waals surface area contributed by atoms with E-state index >= 15 is 0 Å². The van der Waals surface area contributed by atoms with Gasteiger partial charge in [-0.1, -0.05) is 13.0 Å². The number of Topliss-reactive ketones (excluding diaryl/α,β-unsaturated/α-hetero) is 1. The molecule has 0 unspecified atom stereocenters. The number of methoxy groups -OCH3 is 2. The zero-order valence-corrected chi connectivity index (χ0v) is 16.8. The van der Waals surface area contributed by atoms with Crippen molar-refractivity contribution in [2.75, 3.05) is 27.3 Å². The molecule has 4 aliphatic rings. The molecule has 3 aliphatic carbocycles. The number of rotatable bonds is 4. The summed E-state index contributed by atoms with van der Waals surface area (Å²) >= 11 is 0. The molecule has 0 spiro atoms. The molecule has 0 radical (unpaired) electrons. The number of carbonyl (C=O) groups is 1. The molecule has 146 valence electrons. The van der Waals surface area contributed by atoms with Crippen LogP contribution >= 0.6 is 0 Å². The molecule has 27 heavy (non-hydrogen) atoms. The van der Waals surface area contributed by atoms with Gasteiger partial charge in [0.05, 0.1) is 12.7 Å². The summed E-state index contributed by atoms with van der Waals surface area (Å²) in [7, 11) is 3.61. The Bertz CT molecular complexity index is 773. The maximum Gasteiger partial charge on any atom is 0.136 e. The molecular weight excluding hydrogens is 338 g/mol. The molecule has 2 saturated carbocycles. The van der Waals surface area contributed by atoms with Crippen LogP contribution < -0.4 is 4.74 Å². The van der Waals surface area contributed by atoms with E-state index in [9.17, 15) is 4.79 Å². The zero-order chi connectivity index (χ0) is 18.8. The van der Waals surface area contributed by atoms with Crippen LogP contribution in [0.3, 0.4) is 0 Å². The molecule has 1 aliphatic heterocycles. The Morgan fingerprint density at radius 1 is 1.26 bits per heavy atom. The molecule has 1 aromatic rings. The Hall–Kier alpha value is -1.39. The van der Waals surface area contributed by atoms with Crippen LogP contribution in [0, 0.1) is 11.8 Å². The van der Waals surface area contributed by atoms with Gasteiger partial charge in [-0.05, 0) is 67.8 Å². The molecule has 1 saturated heterocycles. The summed E-state index contributed by atoms with van der Waals surface area (Å²) in [4.78, 5) is 15.6. The van der Waals surface area contributed by atoms with Gasteiger partial charge in [-0.2, -0.15) is 0 Å². The molecule has 4 atom stereocenters. The summed E-state index contributed by atoms with van der Waals surface area (Å²) in [5, 5.41) is 0. The standard InChI is InChI=1S/C23H31NO3/c1-15-12-23(27-3)21-10-17-6-7-18(26-2)11-19(17)22(23,13-20(15)25)8-9-24(21)14-16-4-5-16/h6-7,11,15-16,21H,4-5,8-10,12-14H2,1-3H3/t15-,21+,22+,23+/m0/s1. The van der Waals surface area contributed by atoms with E-state index < -0.39 is 0 Å². The highest BCUT2D eigenvalue weighted by Crippen LogP contribution is 2.60. The van der Waals surface area contributed by atoms with Crippen LogP contribution in [0.5, 0.6) is 5.75 Å². The van der Waals surface area contributed by atoms with E-state index in [1.807, 2.05) is 7.11 Å². The van der Waals surface area contributed by atoms with E-state index in [1.54, 1.807) is 7.11 Å². The second kappa shape index (κ2) is 6.05. The third kappa shape index (κ3) is 2.39. The summed E-state index contributed by atoms with van der Waals surface area (Å²) < 4.78 is 12.0. The highest BCUT2D eigenvalue weighted by molar-refractivity contribution is 5.84. The number of benzene rings is 1. The number of likely N-dealkylation sites (tertiary alicyclic amines) is 1. The van der Waals surface area contributed by atoms with E-state index in [0.717, 1.165) is 37.5 Å². The maximum absolute atomic E-state index is 12.9. The van der Waals surface area contributed by atoms with Gasteiger partial charge in [0.2, 0.25) is 0 Å². The Kier molecular flexibility index (Phi) is 3.97. The minimum Gasteiger partial charge on any atom is -0.497 e. The first-order valence-corrected chi connectivity index (χ1v) is 10.5. The second-order valence-corrected chi connectivity index (χ2v) is 9.36. The van der Waals surface area contributed by atoms with E-state index in [-0.39, 0.29) is 16.9 Å². The van der Waals surface area contributed by atoms with Crippen molar-refractivity contribution in [1.82, 2.24) is 4.90 Å². The normalized spacial score (nSPS) is 38.3. The van der Waals surface area contributed by atoms with Crippen molar-refractivity contribution in [3.63, 3.8) is 0 Å². The van der Waals surface area contributed by atoms with Gasteiger partial charge >= 0.3 is 0 Å². The van der Waals surface area contributed by atoms with Gasteiger partial charge in [0, 0.05) is 37.5 Å². The molecule has 2 bridgehead atoms. The lowest BCUT2D eigenvalue weighted by molar-refractivity contribution is -0.194. The minimum absolute atomic E-state index is 0.0774. The fourth-order valence-corrected chi connectivity index (χ4v) is 6.46. The van der Waals surface area contributed by atoms with Crippen molar-refractivity contribution in [2.24, 2.45) is 11.8 Å². The molecule has 0 amide bonds. The smallest absolute Gasteiger partial charge is 0.136 e. The van der Waals surface area contributed by atoms with Crippen molar-refractivity contribution in [3.05, 3.63) is 29.3 Å². The number of nitrogens with zero attached hydrogens (tertiary/aromatic N) is 1. The Labute approximate surface area is 162 Å². The predicted molar refractivity (Wildman–Crippen MR) is 104 cm³/mol. The number of fused-ring (bicyclic) bond motifs is 1. The topological polar surface area (TPSA) is 38.8 Å². The number of carbonyl (C=O) groups excluding carboxylic acids is 1. The quantitative estimate of drug-likeness (QED) is 0.816. The highest BCUT2D eigenvalue weighted by Gasteiger charge is 2.67. The molecular formula is C23H31NO3. The highest BCUT2D eigenvalue weighted by atomic mass is 16.5. The van der Waals surface area contributed by atoms with Gasteiger partial charge in [0.25, 0.3) is 0 Å². The van der Waals surface area contributed by atoms with Crippen molar-refractivity contribution < 1.29 is 14.3 Å². The molecule has 0 N–H and O–H groups in total. The summed E-state index contributed by atoms with van der Waals surface area (Å²) in [5.41, 5.74) is 2.22. The summed E-state index contributed by atoms with van der Waals surface area (Å²) in [6.45, 7) is 4.36. The van der Waals surface area contributed by atoms with Crippen molar-refractivity contribution in [1.29, 1.82) is 0 Å². The third-order valence-corrected chi connectivity index (χ3v) is 8.05. The van der Waals surface area contributed by atoms with Crippen LogP contribution in [0.2, 0.25) is 0 Å². The Morgan fingerprint density at radius 3 is 2.78 bits per heavy atom. The number of ether oxygens (including phenoxy) is 2. The lowest BCUT2D eigenvalue weighted by atomic mass is 9.48. The maximum atomic E-state index is 12.9. The fraction of sp³-hybridized carbons (Fsp3) is 0.696. The van der Waals surface area contributed by atoms with Gasteiger partial charge in [0.1, 0.15) is 11.5 Å². The van der Waals surface area contributed by atoms with Crippen LogP contribution in [0.4, 0.5) is 0 Å². The Morgan fingerprint density at radius 2 is 2.07 bits per heavy atom. The van der Waals surface area contributed by atoms with Crippen LogP contribution in [-0.2, 0) is 21.4 Å². The summed E-state index contributed by atoms with van der Waals surface area (Å²) in [5.74, 6) is 2.23. The van der Waals surface area contributed by atoms with Gasteiger partial charge in [-0.25, -0.2) is 0 Å². The van der Waals surface area contributed by atoms with Crippen molar-refractivity contribution >= 4 is 5.78 Å². The average Bonchev–Trinajstić information content (AvgIpc) is 3.49. The fourth-order valence-electron chi connectivity index (χ4n) is 6.46. The largest absolute Gasteiger partial charge is 0.497 e. The SMILES string of the molecule is COc1ccc2c(c1)[C@]13CCN(CC4CC4)[C@H](C2)[C@]1(OC)C[C@H](C)C(=O)C3. The first-order chi connectivity index (χ1) is 13.0. The van der Waals surface area contributed by atoms with Crippen LogP contribution in [0.1, 0.15) is 50.2 Å². The molecule has 0 aromatic heterocycles. The van der Waals surface area contributed by atoms with Gasteiger partial charge in [-0.15, -0.1) is 0 Å². The van der Waals surface area contributed by atoms with Gasteiger partial charge < -0.3 is 9.47 Å². The molecule has 3 fully saturated rings. The predicted octanol–water partition coefficient (Wildman–Crippen LogP) is 3.36. The Balaban J connectivity index is 1.68. The molecule has 4 nitrogen and oxygen atoms in total. The molecule has 1 aromatic carbocycles. The monoisotopic (exact) mass is 369 g/mol. The van der Waals surface area contributed by atoms with E-state index in [2.05, 4.69) is 30.0 Å². The zero-order valence-electron chi connectivity index (χ0n) is 16.8. The summed E-state index contributed by atoms with van der Waals surface area (Å²) in [6, 6.07) is 6.86. The second-order valence-electron chi connectivity index (χ2n) is 9.36. The number of piperidine rings is 1. The number of hydrogen-bond donors (Lipinski definition) is 0. The van der Waals surface area contributed by atoms with Gasteiger partial charge in [0.15, 0.2) is 0 Å². The first-order valence-electron chi connectivity index (χ1n) is 10.5. The summed E-state index contributed by atoms with van der Waals surface area (Å²) in [6.07, 6.45) is 6.21. The number of ketones is 1. The minimum atomic E-state index is -0.271. The molecule has 4 heteroatoms. The van der Waals surface area contributed by atoms with Crippen molar-refractivity contribution in [2.45, 2.75) is 62.5 Å². The molecule has 5 rings (SSSR count). The van der Waals surface area contributed by atoms with E-state index in [4.69, 9.17) is 9.47 Å². The van der Waals surface area contributed by atoms with Crippen LogP contribution in [0.15, 0.2) is 18.2 Å². The van der Waals surface area contributed by atoms with Gasteiger partial charge in [-0.3, -0.25) is 9.69 Å². The number of hydrogen-bond acceptors (Lipinski definition) is 4. The van der Waals surface area contributed by atoms with E-state index in [0.29, 0.717) is 18.2 Å². The van der Waals surface area contributed by atoms with Crippen molar-refractivity contribution in [3.8, 4) is 5.75 Å². The van der Waals surface area contributed by atoms with Crippen LogP contribution in [-0.4, -0.2) is 49.6 Å². The lowest BCUT2D eigenvalue weighted by Crippen LogP contribution is -2.75. The average molecular weight is 370 g/mol. The van der Waals surface area contributed by atoms with Crippen LogP contribution in [0.25, 0.3) is 0 Å². The molecule has 1 heterocycles.